The van der Waals surface area contributed by atoms with Gasteiger partial charge in [-0.3, -0.25) is 9.78 Å². The third-order valence-electron chi connectivity index (χ3n) is 3.10. The number of nitrogens with two attached hydrogens (primary N) is 1. The van der Waals surface area contributed by atoms with Crippen LogP contribution in [0.2, 0.25) is 0 Å². The summed E-state index contributed by atoms with van der Waals surface area (Å²) in [5.41, 5.74) is 5.75. The molecule has 1 aliphatic carbocycles. The lowest BCUT2D eigenvalue weighted by molar-refractivity contribution is 0.0892. The van der Waals surface area contributed by atoms with Crippen LogP contribution in [0, 0.1) is 5.92 Å². The van der Waals surface area contributed by atoms with E-state index < -0.39 is 0 Å². The normalized spacial score (nSPS) is 18.9. The van der Waals surface area contributed by atoms with E-state index >= 15 is 0 Å². The number of hydrogen-bond donors (Lipinski definition) is 2. The van der Waals surface area contributed by atoms with E-state index in [4.69, 9.17) is 5.73 Å². The van der Waals surface area contributed by atoms with Crippen LogP contribution in [0.5, 0.6) is 0 Å². The molecule has 1 fully saturated rings. The van der Waals surface area contributed by atoms with Crippen molar-refractivity contribution in [3.8, 4) is 0 Å². The minimum absolute atomic E-state index is 0.201. The van der Waals surface area contributed by atoms with Crippen LogP contribution in [0.15, 0.2) is 18.6 Å². The van der Waals surface area contributed by atoms with Gasteiger partial charge in [0, 0.05) is 18.9 Å². The first kappa shape index (κ1) is 11.0. The van der Waals surface area contributed by atoms with E-state index in [2.05, 4.69) is 15.3 Å². The minimum Gasteiger partial charge on any atom is -0.344 e. The Balaban J connectivity index is 2.06. The van der Waals surface area contributed by atoms with Gasteiger partial charge < -0.3 is 11.1 Å². The van der Waals surface area contributed by atoms with Crippen molar-refractivity contribution in [2.45, 2.75) is 25.3 Å². The largest absolute Gasteiger partial charge is 0.344 e. The minimum atomic E-state index is -0.311. The fraction of sp³-hybridized carbons (Fsp3) is 0.545. The summed E-state index contributed by atoms with van der Waals surface area (Å²) in [4.78, 5) is 19.7. The molecule has 0 saturated heterocycles. The highest BCUT2D eigenvalue weighted by Crippen LogP contribution is 2.39. The molecular weight excluding hydrogens is 204 g/mol. The summed E-state index contributed by atoms with van der Waals surface area (Å²) in [5.74, 6) is 0.297. The van der Waals surface area contributed by atoms with Crippen molar-refractivity contribution in [3.63, 3.8) is 0 Å². The van der Waals surface area contributed by atoms with Crippen LogP contribution >= 0.6 is 0 Å². The standard InChI is InChI=1S/C11H16N4O/c1-11(7-12,8-2-3-8)15-10(16)9-6-13-4-5-14-9/h4-6,8H,2-3,7,12H2,1H3,(H,15,16). The first-order valence-electron chi connectivity index (χ1n) is 5.44. The molecule has 16 heavy (non-hydrogen) atoms. The lowest BCUT2D eigenvalue weighted by Gasteiger charge is -2.29. The monoisotopic (exact) mass is 220 g/mol. The number of carbonyl (C=O) groups is 1. The Morgan fingerprint density at radius 1 is 1.62 bits per heavy atom. The maximum atomic E-state index is 11.9. The Morgan fingerprint density at radius 3 is 2.88 bits per heavy atom. The maximum absolute atomic E-state index is 11.9. The molecule has 0 bridgehead atoms. The quantitative estimate of drug-likeness (QED) is 0.766. The second kappa shape index (κ2) is 4.17. The molecular formula is C11H16N4O. The molecule has 2 rings (SSSR count). The van der Waals surface area contributed by atoms with Crippen LogP contribution in [-0.2, 0) is 0 Å². The van der Waals surface area contributed by atoms with Gasteiger partial charge in [-0.15, -0.1) is 0 Å². The average Bonchev–Trinajstić information content (AvgIpc) is 3.14. The smallest absolute Gasteiger partial charge is 0.271 e. The number of amides is 1. The summed E-state index contributed by atoms with van der Waals surface area (Å²) in [5, 5.41) is 2.95. The Labute approximate surface area is 94.5 Å². The highest BCUT2D eigenvalue weighted by molar-refractivity contribution is 5.92. The van der Waals surface area contributed by atoms with Crippen molar-refractivity contribution in [2.75, 3.05) is 6.54 Å². The molecule has 1 atom stereocenters. The molecule has 0 spiro atoms. The molecule has 3 N–H and O–H groups in total. The SMILES string of the molecule is CC(CN)(NC(=O)c1cnccn1)C1CC1. The zero-order chi connectivity index (χ0) is 11.6. The van der Waals surface area contributed by atoms with E-state index in [-0.39, 0.29) is 11.4 Å². The van der Waals surface area contributed by atoms with Gasteiger partial charge in [0.05, 0.1) is 11.7 Å². The van der Waals surface area contributed by atoms with Crippen molar-refractivity contribution in [1.29, 1.82) is 0 Å². The molecule has 1 aromatic heterocycles. The molecule has 1 aromatic rings. The molecule has 1 aliphatic rings. The predicted molar refractivity (Wildman–Crippen MR) is 59.7 cm³/mol. The van der Waals surface area contributed by atoms with Crippen molar-refractivity contribution < 1.29 is 4.79 Å². The molecule has 5 nitrogen and oxygen atoms in total. The zero-order valence-corrected chi connectivity index (χ0v) is 9.31. The highest BCUT2D eigenvalue weighted by Gasteiger charge is 2.41. The second-order valence-corrected chi connectivity index (χ2v) is 4.44. The molecule has 0 radical (unpaired) electrons. The van der Waals surface area contributed by atoms with Gasteiger partial charge in [-0.25, -0.2) is 4.98 Å². The summed E-state index contributed by atoms with van der Waals surface area (Å²) in [6.07, 6.45) is 6.77. The van der Waals surface area contributed by atoms with Crippen LogP contribution in [0.1, 0.15) is 30.3 Å². The maximum Gasteiger partial charge on any atom is 0.271 e. The summed E-state index contributed by atoms with van der Waals surface area (Å²) < 4.78 is 0. The van der Waals surface area contributed by atoms with Crippen LogP contribution < -0.4 is 11.1 Å². The van der Waals surface area contributed by atoms with Gasteiger partial charge in [0.1, 0.15) is 5.69 Å². The fourth-order valence-electron chi connectivity index (χ4n) is 1.78. The van der Waals surface area contributed by atoms with Crippen molar-refractivity contribution in [3.05, 3.63) is 24.3 Å². The predicted octanol–water partition coefficient (Wildman–Crippen LogP) is 0.334. The van der Waals surface area contributed by atoms with Crippen LogP contribution in [-0.4, -0.2) is 28.0 Å². The van der Waals surface area contributed by atoms with Gasteiger partial charge in [0.15, 0.2) is 0 Å². The Kier molecular flexibility index (Phi) is 2.87. The van der Waals surface area contributed by atoms with E-state index in [1.54, 1.807) is 6.20 Å². The average molecular weight is 220 g/mol. The molecule has 1 unspecified atom stereocenters. The number of hydrogen-bond acceptors (Lipinski definition) is 4. The second-order valence-electron chi connectivity index (χ2n) is 4.44. The summed E-state index contributed by atoms with van der Waals surface area (Å²) >= 11 is 0. The summed E-state index contributed by atoms with van der Waals surface area (Å²) in [6.45, 7) is 2.43. The van der Waals surface area contributed by atoms with Crippen LogP contribution in [0.3, 0.4) is 0 Å². The van der Waals surface area contributed by atoms with E-state index in [0.717, 1.165) is 12.8 Å². The van der Waals surface area contributed by atoms with Gasteiger partial charge in [0.2, 0.25) is 0 Å². The van der Waals surface area contributed by atoms with Crippen molar-refractivity contribution in [1.82, 2.24) is 15.3 Å². The van der Waals surface area contributed by atoms with Crippen LogP contribution in [0.25, 0.3) is 0 Å². The van der Waals surface area contributed by atoms with Gasteiger partial charge in [-0.05, 0) is 25.7 Å². The zero-order valence-electron chi connectivity index (χ0n) is 9.31. The van der Waals surface area contributed by atoms with E-state index in [9.17, 15) is 4.79 Å². The number of carbonyl (C=O) groups excluding carboxylic acids is 1. The third-order valence-corrected chi connectivity index (χ3v) is 3.10. The van der Waals surface area contributed by atoms with E-state index in [0.29, 0.717) is 18.2 Å². The highest BCUT2D eigenvalue weighted by atomic mass is 16.2. The Morgan fingerprint density at radius 2 is 2.38 bits per heavy atom. The molecule has 1 amide bonds. The topological polar surface area (TPSA) is 80.9 Å². The Bertz CT molecular complexity index is 377. The molecule has 0 aromatic carbocycles. The fourth-order valence-corrected chi connectivity index (χ4v) is 1.78. The van der Waals surface area contributed by atoms with Gasteiger partial charge in [-0.1, -0.05) is 0 Å². The Hall–Kier alpha value is -1.49. The summed E-state index contributed by atoms with van der Waals surface area (Å²) in [7, 11) is 0. The van der Waals surface area contributed by atoms with Crippen LogP contribution in [0.4, 0.5) is 0 Å². The molecule has 5 heteroatoms. The lowest BCUT2D eigenvalue weighted by Crippen LogP contribution is -2.53. The molecule has 0 aliphatic heterocycles. The van der Waals surface area contributed by atoms with E-state index in [1.807, 2.05) is 6.92 Å². The molecule has 1 saturated carbocycles. The third kappa shape index (κ3) is 2.19. The first-order valence-corrected chi connectivity index (χ1v) is 5.44. The molecule has 1 heterocycles. The molecule has 86 valence electrons. The number of rotatable bonds is 4. The van der Waals surface area contributed by atoms with Crippen molar-refractivity contribution in [2.24, 2.45) is 11.7 Å². The van der Waals surface area contributed by atoms with Gasteiger partial charge in [-0.2, -0.15) is 0 Å². The van der Waals surface area contributed by atoms with Gasteiger partial charge in [0.25, 0.3) is 5.91 Å². The lowest BCUT2D eigenvalue weighted by atomic mass is 9.96. The van der Waals surface area contributed by atoms with Gasteiger partial charge >= 0.3 is 0 Å². The first-order chi connectivity index (χ1) is 7.65. The number of nitrogens with zero attached hydrogens (tertiary/aromatic N) is 2. The summed E-state index contributed by atoms with van der Waals surface area (Å²) in [6, 6.07) is 0. The number of aromatic nitrogens is 2. The van der Waals surface area contributed by atoms with Crippen molar-refractivity contribution >= 4 is 5.91 Å². The van der Waals surface area contributed by atoms with E-state index in [1.165, 1.54) is 12.4 Å². The number of nitrogens with one attached hydrogen (secondary N) is 1.